The van der Waals surface area contributed by atoms with Gasteiger partial charge in [0.15, 0.2) is 0 Å². The Morgan fingerprint density at radius 2 is 1.78 bits per heavy atom. The molecule has 5 heteroatoms. The second kappa shape index (κ2) is 7.27. The van der Waals surface area contributed by atoms with Gasteiger partial charge in [0.25, 0.3) is 0 Å². The van der Waals surface area contributed by atoms with E-state index in [1.165, 1.54) is 11.3 Å². The zero-order chi connectivity index (χ0) is 18.8. The van der Waals surface area contributed by atoms with Crippen molar-refractivity contribution in [2.24, 2.45) is 0 Å². The zero-order valence-electron chi connectivity index (χ0n) is 15.7. The van der Waals surface area contributed by atoms with Crippen LogP contribution in [-0.2, 0) is 0 Å². The summed E-state index contributed by atoms with van der Waals surface area (Å²) < 4.78 is 1.59. The number of nitrogens with zero attached hydrogens (tertiary/aromatic N) is 4. The molecule has 0 saturated carbocycles. The number of piperazine rings is 1. The van der Waals surface area contributed by atoms with Crippen LogP contribution in [0.3, 0.4) is 0 Å². The molecule has 0 aliphatic carbocycles. The summed E-state index contributed by atoms with van der Waals surface area (Å²) >= 11 is 0. The number of rotatable bonds is 2. The maximum atomic E-state index is 12.9. The number of carbonyl (C=O) groups is 1. The molecule has 1 fully saturated rings. The van der Waals surface area contributed by atoms with E-state index in [9.17, 15) is 4.79 Å². The lowest BCUT2D eigenvalue weighted by Gasteiger charge is -2.41. The van der Waals surface area contributed by atoms with Crippen molar-refractivity contribution in [3.05, 3.63) is 72.7 Å². The van der Waals surface area contributed by atoms with Crippen LogP contribution < -0.4 is 4.90 Å². The molecule has 2 heterocycles. The van der Waals surface area contributed by atoms with Crippen LogP contribution in [0.2, 0.25) is 0 Å². The van der Waals surface area contributed by atoms with E-state index in [0.29, 0.717) is 13.1 Å². The van der Waals surface area contributed by atoms with E-state index in [-0.39, 0.29) is 12.1 Å². The maximum Gasteiger partial charge on any atom is 0.329 e. The number of benzene rings is 2. The van der Waals surface area contributed by atoms with Gasteiger partial charge in [0.1, 0.15) is 6.33 Å². The number of anilines is 1. The van der Waals surface area contributed by atoms with Gasteiger partial charge in [-0.25, -0.2) is 9.78 Å². The van der Waals surface area contributed by atoms with Crippen molar-refractivity contribution >= 4 is 11.7 Å². The van der Waals surface area contributed by atoms with Crippen molar-refractivity contribution in [3.8, 4) is 11.3 Å². The Bertz CT molecular complexity index is 917. The molecule has 2 aromatic carbocycles. The van der Waals surface area contributed by atoms with Crippen LogP contribution in [0, 0.1) is 6.92 Å². The Balaban J connectivity index is 1.45. The zero-order valence-corrected chi connectivity index (χ0v) is 15.7. The summed E-state index contributed by atoms with van der Waals surface area (Å²) in [6.45, 7) is 6.50. The van der Waals surface area contributed by atoms with Gasteiger partial charge in [-0.1, -0.05) is 48.0 Å². The Labute approximate surface area is 159 Å². The van der Waals surface area contributed by atoms with Crippen LogP contribution in [0.25, 0.3) is 11.3 Å². The molecule has 1 unspecified atom stereocenters. The smallest absolute Gasteiger partial charge is 0.329 e. The summed E-state index contributed by atoms with van der Waals surface area (Å²) in [6, 6.07) is 18.8. The average molecular weight is 360 g/mol. The van der Waals surface area contributed by atoms with Crippen LogP contribution in [0.1, 0.15) is 12.5 Å². The Kier molecular flexibility index (Phi) is 4.67. The minimum atomic E-state index is -0.0138. The highest BCUT2D eigenvalue weighted by Gasteiger charge is 2.27. The van der Waals surface area contributed by atoms with Gasteiger partial charge < -0.3 is 9.80 Å². The number of imidazole rings is 1. The maximum absolute atomic E-state index is 12.9. The fourth-order valence-electron chi connectivity index (χ4n) is 3.60. The van der Waals surface area contributed by atoms with Gasteiger partial charge in [0, 0.05) is 43.1 Å². The highest BCUT2D eigenvalue weighted by molar-refractivity contribution is 5.78. The van der Waals surface area contributed by atoms with Crippen LogP contribution in [-0.4, -0.2) is 46.2 Å². The lowest BCUT2D eigenvalue weighted by molar-refractivity contribution is 0.188. The van der Waals surface area contributed by atoms with E-state index in [1.807, 2.05) is 41.4 Å². The van der Waals surface area contributed by atoms with E-state index < -0.39 is 0 Å². The van der Waals surface area contributed by atoms with Crippen LogP contribution >= 0.6 is 0 Å². The lowest BCUT2D eigenvalue weighted by Crippen LogP contribution is -2.54. The average Bonchev–Trinajstić information content (AvgIpc) is 3.19. The Morgan fingerprint density at radius 3 is 2.48 bits per heavy atom. The molecule has 0 spiro atoms. The number of aromatic nitrogens is 2. The molecule has 0 N–H and O–H groups in total. The second-order valence-electron chi connectivity index (χ2n) is 7.14. The number of hydrogen-bond donors (Lipinski definition) is 0. The van der Waals surface area contributed by atoms with Gasteiger partial charge in [-0.2, -0.15) is 0 Å². The summed E-state index contributed by atoms with van der Waals surface area (Å²) in [5.41, 5.74) is 4.31. The normalized spacial score (nSPS) is 17.2. The summed E-state index contributed by atoms with van der Waals surface area (Å²) in [5, 5.41) is 0. The summed E-state index contributed by atoms with van der Waals surface area (Å²) in [5.74, 6) is 0. The first-order chi connectivity index (χ1) is 13.1. The van der Waals surface area contributed by atoms with Crippen molar-refractivity contribution in [2.45, 2.75) is 19.9 Å². The quantitative estimate of drug-likeness (QED) is 0.693. The second-order valence-corrected chi connectivity index (χ2v) is 7.14. The van der Waals surface area contributed by atoms with Crippen molar-refractivity contribution < 1.29 is 4.79 Å². The third-order valence-corrected chi connectivity index (χ3v) is 5.14. The molecule has 1 aromatic heterocycles. The third kappa shape index (κ3) is 3.58. The minimum absolute atomic E-state index is 0.0138. The summed E-state index contributed by atoms with van der Waals surface area (Å²) in [6.07, 6.45) is 3.43. The van der Waals surface area contributed by atoms with Crippen LogP contribution in [0.4, 0.5) is 10.5 Å². The van der Waals surface area contributed by atoms with Gasteiger partial charge in [-0.15, -0.1) is 0 Å². The third-order valence-electron chi connectivity index (χ3n) is 5.14. The first-order valence-electron chi connectivity index (χ1n) is 9.34. The molecule has 1 saturated heterocycles. The van der Waals surface area contributed by atoms with Gasteiger partial charge in [0.2, 0.25) is 0 Å². The molecule has 4 rings (SSSR count). The molecule has 27 heavy (non-hydrogen) atoms. The van der Waals surface area contributed by atoms with E-state index in [4.69, 9.17) is 0 Å². The molecule has 1 aliphatic rings. The topological polar surface area (TPSA) is 41.4 Å². The molecule has 5 nitrogen and oxygen atoms in total. The minimum Gasteiger partial charge on any atom is -0.365 e. The summed E-state index contributed by atoms with van der Waals surface area (Å²) in [4.78, 5) is 21.6. The van der Waals surface area contributed by atoms with E-state index in [1.54, 1.807) is 10.9 Å². The molecular weight excluding hydrogens is 336 g/mol. The van der Waals surface area contributed by atoms with Gasteiger partial charge >= 0.3 is 6.03 Å². The Morgan fingerprint density at radius 1 is 1.04 bits per heavy atom. The molecule has 3 aromatic rings. The number of hydrogen-bond acceptors (Lipinski definition) is 3. The highest BCUT2D eigenvalue weighted by Crippen LogP contribution is 2.22. The molecule has 1 aliphatic heterocycles. The fourth-order valence-corrected chi connectivity index (χ4v) is 3.60. The molecule has 1 atom stereocenters. The predicted octanol–water partition coefficient (Wildman–Crippen LogP) is 4.04. The monoisotopic (exact) mass is 360 g/mol. The summed E-state index contributed by atoms with van der Waals surface area (Å²) in [7, 11) is 0. The van der Waals surface area contributed by atoms with E-state index in [2.05, 4.69) is 48.0 Å². The first kappa shape index (κ1) is 17.3. The highest BCUT2D eigenvalue weighted by atomic mass is 16.2. The Hall–Kier alpha value is -3.08. The van der Waals surface area contributed by atoms with Crippen molar-refractivity contribution in [3.63, 3.8) is 0 Å². The SMILES string of the molecule is Cc1ccc(N2CCN(C(=O)n3cnc(-c4ccccc4)c3)CC2C)cc1. The van der Waals surface area contributed by atoms with Crippen molar-refractivity contribution in [2.75, 3.05) is 24.5 Å². The molecule has 1 amide bonds. The molecular formula is C22H24N4O. The van der Waals surface area contributed by atoms with Crippen molar-refractivity contribution in [1.29, 1.82) is 0 Å². The molecule has 138 valence electrons. The standard InChI is InChI=1S/C22H24N4O/c1-17-8-10-20(11-9-17)26-13-12-24(14-18(26)2)22(27)25-15-21(23-16-25)19-6-4-3-5-7-19/h3-11,15-16,18H,12-14H2,1-2H3. The lowest BCUT2D eigenvalue weighted by atomic mass is 10.1. The number of aryl methyl sites for hydroxylation is 1. The van der Waals surface area contributed by atoms with E-state index in [0.717, 1.165) is 17.8 Å². The van der Waals surface area contributed by atoms with Crippen molar-refractivity contribution in [1.82, 2.24) is 14.5 Å². The van der Waals surface area contributed by atoms with Crippen LogP contribution in [0.5, 0.6) is 0 Å². The molecule has 0 bridgehead atoms. The first-order valence-corrected chi connectivity index (χ1v) is 9.34. The number of carbonyl (C=O) groups excluding carboxylic acids is 1. The molecule has 0 radical (unpaired) electrons. The van der Waals surface area contributed by atoms with Gasteiger partial charge in [-0.05, 0) is 26.0 Å². The fraction of sp³-hybridized carbons (Fsp3) is 0.273. The van der Waals surface area contributed by atoms with Gasteiger partial charge in [-0.3, -0.25) is 4.57 Å². The van der Waals surface area contributed by atoms with E-state index >= 15 is 0 Å². The largest absolute Gasteiger partial charge is 0.365 e. The van der Waals surface area contributed by atoms with Crippen LogP contribution in [0.15, 0.2) is 67.1 Å². The predicted molar refractivity (Wildman–Crippen MR) is 108 cm³/mol. The van der Waals surface area contributed by atoms with Gasteiger partial charge in [0.05, 0.1) is 5.69 Å². The number of amides is 1.